The third kappa shape index (κ3) is 10.6. The van der Waals surface area contributed by atoms with Gasteiger partial charge in [0.2, 0.25) is 11.8 Å². The van der Waals surface area contributed by atoms with E-state index in [0.717, 1.165) is 44.5 Å². The van der Waals surface area contributed by atoms with Gasteiger partial charge in [-0.05, 0) is 96.0 Å². The van der Waals surface area contributed by atoms with Crippen molar-refractivity contribution in [2.45, 2.75) is 123 Å². The van der Waals surface area contributed by atoms with Crippen LogP contribution in [0.2, 0.25) is 0 Å². The summed E-state index contributed by atoms with van der Waals surface area (Å²) < 4.78 is 57.1. The number of benzene rings is 2. The van der Waals surface area contributed by atoms with E-state index in [1.54, 1.807) is 26.8 Å². The van der Waals surface area contributed by atoms with Crippen molar-refractivity contribution in [1.29, 1.82) is 0 Å². The van der Waals surface area contributed by atoms with Crippen LogP contribution in [0, 0.1) is 23.1 Å². The van der Waals surface area contributed by atoms with Crippen molar-refractivity contribution in [3.05, 3.63) is 77.1 Å². The summed E-state index contributed by atoms with van der Waals surface area (Å²) in [5.41, 5.74) is 1.77. The van der Waals surface area contributed by atoms with Gasteiger partial charge in [-0.3, -0.25) is 23.7 Å². The fourth-order valence-corrected chi connectivity index (χ4v) is 10.4. The lowest BCUT2D eigenvalue weighted by Gasteiger charge is -2.29. The fraction of sp³-hybridized carbons (Fsp3) is 0.532. The van der Waals surface area contributed by atoms with Crippen molar-refractivity contribution in [1.82, 2.24) is 28.5 Å². The minimum atomic E-state index is -4.15. The number of carbonyl (C=O) groups is 4. The first-order valence-electron chi connectivity index (χ1n) is 22.1. The standard InChI is InChI=1S/C47H59FN6O8S2/c1-29(2)54-37-20-14-19-36(42-49-34(28-63-42)22-30-15-13-18-33(48)21-30)41(37)50-45(54)61-35-24-38-39(55)26-47(44(58)51-64(59,60)52(6)7)25-32(47)17-12-10-8-9-11-16-31(43(57)53(38)27-35)23-40(56)62-46(3,4)5/h12-15,17-21,28-29,31-32,35,38H,8-11,16,22-27H2,1-7H3,(H,51,58)/b17-12-/t31-,32-,35-,38+,47-/m1/s1. The number of carbonyl (C=O) groups excluding carboxylic acids is 4. The first kappa shape index (κ1) is 47.0. The zero-order chi connectivity index (χ0) is 46.1. The smallest absolute Gasteiger partial charge is 0.307 e. The van der Waals surface area contributed by atoms with Crippen molar-refractivity contribution in [2.24, 2.45) is 17.3 Å². The molecule has 2 fully saturated rings. The highest BCUT2D eigenvalue weighted by Gasteiger charge is 2.61. The lowest BCUT2D eigenvalue weighted by molar-refractivity contribution is -0.159. The Kier molecular flexibility index (Phi) is 13.8. The molecule has 14 nitrogen and oxygen atoms in total. The molecule has 4 aromatic rings. The number of aromatic nitrogens is 3. The normalized spacial score (nSPS) is 23.9. The Morgan fingerprint density at radius 2 is 1.84 bits per heavy atom. The second-order valence-corrected chi connectivity index (χ2v) is 21.6. The molecule has 2 aromatic carbocycles. The van der Waals surface area contributed by atoms with Crippen molar-refractivity contribution < 1.29 is 41.5 Å². The number of ether oxygens (including phenoxy) is 2. The number of thiazole rings is 1. The number of Topliss-reactive ketones (excluding diaryl/α,β-unsaturated/α-hetero) is 1. The molecule has 17 heteroatoms. The Morgan fingerprint density at radius 3 is 2.56 bits per heavy atom. The molecule has 344 valence electrons. The summed E-state index contributed by atoms with van der Waals surface area (Å²) in [7, 11) is -1.52. The maximum atomic E-state index is 14.8. The van der Waals surface area contributed by atoms with Gasteiger partial charge in [0.15, 0.2) is 5.78 Å². The lowest BCUT2D eigenvalue weighted by Crippen LogP contribution is -2.47. The summed E-state index contributed by atoms with van der Waals surface area (Å²) in [5, 5.41) is 2.69. The summed E-state index contributed by atoms with van der Waals surface area (Å²) in [6.45, 7) is 9.34. The van der Waals surface area contributed by atoms with Gasteiger partial charge < -0.3 is 14.4 Å². The summed E-state index contributed by atoms with van der Waals surface area (Å²) in [6, 6.07) is 11.4. The largest absolute Gasteiger partial charge is 0.460 e. The van der Waals surface area contributed by atoms with Crippen molar-refractivity contribution in [2.75, 3.05) is 20.6 Å². The first-order chi connectivity index (χ1) is 30.2. The van der Waals surface area contributed by atoms with Gasteiger partial charge in [-0.1, -0.05) is 43.2 Å². The first-order valence-corrected chi connectivity index (χ1v) is 24.4. The molecule has 5 atom stereocenters. The predicted octanol–water partition coefficient (Wildman–Crippen LogP) is 7.58. The fourth-order valence-electron chi connectivity index (χ4n) is 8.89. The Morgan fingerprint density at radius 1 is 1.08 bits per heavy atom. The summed E-state index contributed by atoms with van der Waals surface area (Å²) in [5.74, 6) is -3.48. The zero-order valence-corrected chi connectivity index (χ0v) is 39.3. The lowest BCUT2D eigenvalue weighted by atomic mass is 9.90. The minimum absolute atomic E-state index is 0.0155. The Labute approximate surface area is 378 Å². The molecule has 0 unspecified atom stereocenters. The number of nitrogens with zero attached hydrogens (tertiary/aromatic N) is 5. The molecule has 1 saturated carbocycles. The van der Waals surface area contributed by atoms with Gasteiger partial charge in [0.25, 0.3) is 6.01 Å². The highest BCUT2D eigenvalue weighted by Crippen LogP contribution is 2.57. The van der Waals surface area contributed by atoms with E-state index >= 15 is 0 Å². The van der Waals surface area contributed by atoms with Gasteiger partial charge in [-0.15, -0.1) is 11.3 Å². The van der Waals surface area contributed by atoms with Crippen LogP contribution in [-0.2, 0) is 40.5 Å². The molecular formula is C47H59FN6O8S2. The van der Waals surface area contributed by atoms with Crippen LogP contribution in [0.4, 0.5) is 4.39 Å². The second kappa shape index (κ2) is 18.8. The number of hydrogen-bond acceptors (Lipinski definition) is 11. The molecular weight excluding hydrogens is 860 g/mol. The van der Waals surface area contributed by atoms with E-state index in [-0.39, 0.29) is 55.9 Å². The molecule has 0 radical (unpaired) electrons. The van der Waals surface area contributed by atoms with Crippen LogP contribution < -0.4 is 9.46 Å². The molecule has 1 aliphatic carbocycles. The van der Waals surface area contributed by atoms with Gasteiger partial charge >= 0.3 is 16.2 Å². The number of imidazole rings is 1. The molecule has 64 heavy (non-hydrogen) atoms. The van der Waals surface area contributed by atoms with Crippen LogP contribution in [0.15, 0.2) is 60.0 Å². The number of fused-ring (bicyclic) bond motifs is 3. The molecule has 0 bridgehead atoms. The van der Waals surface area contributed by atoms with Crippen LogP contribution in [0.5, 0.6) is 6.01 Å². The number of hydrogen-bond donors (Lipinski definition) is 1. The zero-order valence-electron chi connectivity index (χ0n) is 37.6. The van der Waals surface area contributed by atoms with E-state index < -0.39 is 56.9 Å². The molecule has 3 aliphatic rings. The number of amides is 2. The molecule has 1 saturated heterocycles. The molecule has 2 aromatic heterocycles. The van der Waals surface area contributed by atoms with E-state index in [1.807, 2.05) is 60.2 Å². The van der Waals surface area contributed by atoms with Crippen LogP contribution >= 0.6 is 11.3 Å². The Balaban J connectivity index is 1.21. The van der Waals surface area contributed by atoms with Crippen molar-refractivity contribution in [3.8, 4) is 16.6 Å². The maximum Gasteiger partial charge on any atom is 0.307 e. The van der Waals surface area contributed by atoms with Crippen molar-refractivity contribution in [3.63, 3.8) is 0 Å². The molecule has 0 spiro atoms. The number of nitrogens with one attached hydrogen (secondary N) is 1. The Bertz CT molecular complexity index is 2550. The molecule has 4 heterocycles. The molecule has 1 N–H and O–H groups in total. The average molecular weight is 919 g/mol. The quantitative estimate of drug-likeness (QED) is 0.117. The number of ketones is 1. The number of allylic oxidation sites excluding steroid dienone is 2. The van der Waals surface area contributed by atoms with E-state index in [4.69, 9.17) is 19.4 Å². The Hall–Kier alpha value is -5.00. The summed E-state index contributed by atoms with van der Waals surface area (Å²) in [6.07, 6.45) is 6.94. The number of para-hydroxylation sites is 1. The third-order valence-corrected chi connectivity index (χ3v) is 14.5. The molecule has 2 amide bonds. The van der Waals surface area contributed by atoms with Crippen LogP contribution in [-0.4, -0.2) is 94.1 Å². The minimum Gasteiger partial charge on any atom is -0.460 e. The highest BCUT2D eigenvalue weighted by molar-refractivity contribution is 7.87. The molecule has 2 aliphatic heterocycles. The van der Waals surface area contributed by atoms with E-state index in [1.165, 1.54) is 42.5 Å². The summed E-state index contributed by atoms with van der Waals surface area (Å²) >= 11 is 1.46. The predicted molar refractivity (Wildman–Crippen MR) is 242 cm³/mol. The maximum absolute atomic E-state index is 14.8. The van der Waals surface area contributed by atoms with Gasteiger partial charge in [0.05, 0.1) is 35.6 Å². The number of halogens is 1. The van der Waals surface area contributed by atoms with Gasteiger partial charge in [0, 0.05) is 56.3 Å². The SMILES string of the molecule is CC(C)n1c(O[C@@H]2C[C@H]3C(=O)C[C@]4(C(=O)NS(=O)(=O)N(C)C)C[C@H]4/C=C\CCCCC[C@H](CC(=O)OC(C)(C)C)C(=O)N3C2)nc2c(-c3nc(Cc4cccc(F)c4)cs3)cccc21. The number of esters is 1. The second-order valence-electron chi connectivity index (χ2n) is 18.8. The molecule has 7 rings (SSSR count). The van der Waals surface area contributed by atoms with E-state index in [9.17, 15) is 32.0 Å². The van der Waals surface area contributed by atoms with Crippen LogP contribution in [0.1, 0.15) is 110 Å². The van der Waals surface area contributed by atoms with Gasteiger partial charge in [-0.25, -0.2) is 14.1 Å². The van der Waals surface area contributed by atoms with E-state index in [0.29, 0.717) is 37.2 Å². The van der Waals surface area contributed by atoms with Crippen LogP contribution in [0.25, 0.3) is 21.6 Å². The summed E-state index contributed by atoms with van der Waals surface area (Å²) in [4.78, 5) is 68.2. The average Bonchev–Trinajstić information content (AvgIpc) is 3.52. The number of rotatable bonds is 11. The topological polar surface area (TPSA) is 170 Å². The van der Waals surface area contributed by atoms with Gasteiger partial charge in [0.1, 0.15) is 28.0 Å². The van der Waals surface area contributed by atoms with Crippen molar-refractivity contribution >= 4 is 56.1 Å². The highest BCUT2D eigenvalue weighted by atomic mass is 32.2. The monoisotopic (exact) mass is 918 g/mol. The third-order valence-electron chi connectivity index (χ3n) is 12.2. The van der Waals surface area contributed by atoms with Gasteiger partial charge in [-0.2, -0.15) is 17.7 Å². The van der Waals surface area contributed by atoms with E-state index in [2.05, 4.69) is 4.72 Å². The van der Waals surface area contributed by atoms with Crippen LogP contribution in [0.3, 0.4) is 0 Å².